The summed E-state index contributed by atoms with van der Waals surface area (Å²) in [6.07, 6.45) is 3.04. The van der Waals surface area contributed by atoms with Crippen LogP contribution in [0, 0.1) is 17.8 Å². The normalized spacial score (nSPS) is 30.3. The molecule has 2 aromatic rings. The Morgan fingerprint density at radius 3 is 2.53 bits per heavy atom. The summed E-state index contributed by atoms with van der Waals surface area (Å²) in [5.74, 6) is 0.537. The third-order valence-corrected chi connectivity index (χ3v) is 8.77. The molecule has 0 spiro atoms. The Morgan fingerprint density at radius 1 is 1.17 bits per heavy atom. The summed E-state index contributed by atoms with van der Waals surface area (Å²) in [6, 6.07) is 7.70. The predicted molar refractivity (Wildman–Crippen MR) is 110 cm³/mol. The number of aliphatic hydroxyl groups is 1. The monoisotopic (exact) mass is 430 g/mol. The highest BCUT2D eigenvalue weighted by Gasteiger charge is 2.61. The van der Waals surface area contributed by atoms with Crippen molar-refractivity contribution in [2.24, 2.45) is 17.8 Å². The average molecular weight is 431 g/mol. The first-order valence-corrected chi connectivity index (χ1v) is 11.9. The van der Waals surface area contributed by atoms with E-state index in [4.69, 9.17) is 0 Å². The molecule has 0 radical (unpaired) electrons. The number of nitrogens with zero attached hydrogens (tertiary/aromatic N) is 3. The topological polar surface area (TPSA) is 105 Å². The molecule has 1 aliphatic heterocycles. The molecule has 3 aliphatic rings. The van der Waals surface area contributed by atoms with Crippen molar-refractivity contribution in [3.05, 3.63) is 42.2 Å². The van der Waals surface area contributed by atoms with Crippen LogP contribution in [-0.2, 0) is 10.0 Å². The molecule has 2 N–H and O–H groups in total. The van der Waals surface area contributed by atoms with Crippen molar-refractivity contribution in [2.75, 3.05) is 11.9 Å². The molecule has 5 rings (SSSR count). The van der Waals surface area contributed by atoms with Crippen molar-refractivity contribution >= 4 is 21.6 Å². The van der Waals surface area contributed by atoms with Gasteiger partial charge in [-0.1, -0.05) is 0 Å². The summed E-state index contributed by atoms with van der Waals surface area (Å²) in [6.45, 7) is 4.44. The van der Waals surface area contributed by atoms with Crippen molar-refractivity contribution in [3.63, 3.8) is 0 Å². The number of aromatic nitrogens is 2. The maximum atomic E-state index is 13.2. The molecule has 2 aliphatic carbocycles. The fraction of sp³-hybridized carbons (Fsp3) is 0.524. The minimum absolute atomic E-state index is 0.158. The number of fused-ring (bicyclic) bond motifs is 1. The molecule has 8 nitrogen and oxygen atoms in total. The number of hydrogen-bond donors (Lipinski definition) is 2. The van der Waals surface area contributed by atoms with Gasteiger partial charge in [-0.15, -0.1) is 0 Å². The zero-order chi connectivity index (χ0) is 21.2. The average Bonchev–Trinajstić information content (AvgIpc) is 3.44. The van der Waals surface area contributed by atoms with Crippen LogP contribution in [0.2, 0.25) is 0 Å². The Labute approximate surface area is 175 Å². The van der Waals surface area contributed by atoms with E-state index in [-0.39, 0.29) is 34.7 Å². The van der Waals surface area contributed by atoms with E-state index < -0.39 is 16.1 Å². The lowest BCUT2D eigenvalue weighted by Crippen LogP contribution is -2.43. The molecule has 2 bridgehead atoms. The van der Waals surface area contributed by atoms with Crippen LogP contribution in [-0.4, -0.2) is 52.2 Å². The molecule has 160 valence electrons. The summed E-state index contributed by atoms with van der Waals surface area (Å²) in [4.78, 5) is 12.6. The van der Waals surface area contributed by atoms with Crippen LogP contribution in [0.3, 0.4) is 0 Å². The molecular formula is C21H26N4O4S. The summed E-state index contributed by atoms with van der Waals surface area (Å²) >= 11 is 0. The van der Waals surface area contributed by atoms with Gasteiger partial charge in [0, 0.05) is 24.5 Å². The Kier molecular flexibility index (Phi) is 4.53. The van der Waals surface area contributed by atoms with Gasteiger partial charge in [0.05, 0.1) is 17.0 Å². The zero-order valence-corrected chi connectivity index (χ0v) is 17.8. The first kappa shape index (κ1) is 19.7. The lowest BCUT2D eigenvalue weighted by molar-refractivity contribution is 0.0731. The third kappa shape index (κ3) is 2.99. The molecule has 2 heterocycles. The van der Waals surface area contributed by atoms with E-state index in [1.807, 2.05) is 13.8 Å². The summed E-state index contributed by atoms with van der Waals surface area (Å²) < 4.78 is 29.7. The number of nitrogens with one attached hydrogen (secondary N) is 1. The number of aliphatic hydroxyl groups excluding tert-OH is 1. The van der Waals surface area contributed by atoms with E-state index in [0.29, 0.717) is 23.8 Å². The molecule has 5 atom stereocenters. The van der Waals surface area contributed by atoms with E-state index in [1.165, 1.54) is 16.4 Å². The lowest BCUT2D eigenvalue weighted by Gasteiger charge is -2.28. The zero-order valence-electron chi connectivity index (χ0n) is 17.0. The van der Waals surface area contributed by atoms with Crippen LogP contribution in [0.4, 0.5) is 5.69 Å². The van der Waals surface area contributed by atoms with Crippen molar-refractivity contribution in [2.45, 2.75) is 49.8 Å². The number of hydrogen-bond acceptors (Lipinski definition) is 5. The Hall–Kier alpha value is -2.23. The van der Waals surface area contributed by atoms with E-state index >= 15 is 0 Å². The number of carbonyl (C=O) groups is 1. The third-order valence-electron chi connectivity index (χ3n) is 6.89. The van der Waals surface area contributed by atoms with Crippen LogP contribution >= 0.6 is 0 Å². The van der Waals surface area contributed by atoms with Crippen LogP contribution < -0.4 is 5.32 Å². The molecule has 1 aromatic carbocycles. The SMILES string of the molecule is CC(C)n1ccc(C(=O)Nc2ccc(S(=O)(=O)N3CC4CC5CC4C3C5O)cc2)n1. The molecular weight excluding hydrogens is 404 g/mol. The maximum Gasteiger partial charge on any atom is 0.276 e. The number of sulfonamides is 1. The number of rotatable bonds is 5. The van der Waals surface area contributed by atoms with E-state index in [1.54, 1.807) is 29.1 Å². The highest BCUT2D eigenvalue weighted by molar-refractivity contribution is 7.89. The van der Waals surface area contributed by atoms with Crippen molar-refractivity contribution in [1.82, 2.24) is 14.1 Å². The van der Waals surface area contributed by atoms with E-state index in [2.05, 4.69) is 10.4 Å². The smallest absolute Gasteiger partial charge is 0.276 e. The number of amides is 1. The van der Waals surface area contributed by atoms with E-state index in [0.717, 1.165) is 12.8 Å². The maximum absolute atomic E-state index is 13.2. The Morgan fingerprint density at radius 2 is 1.90 bits per heavy atom. The summed E-state index contributed by atoms with van der Waals surface area (Å²) in [7, 11) is -3.69. The minimum atomic E-state index is -3.69. The van der Waals surface area contributed by atoms with E-state index in [9.17, 15) is 18.3 Å². The first-order chi connectivity index (χ1) is 14.3. The van der Waals surface area contributed by atoms with Gasteiger partial charge >= 0.3 is 0 Å². The van der Waals surface area contributed by atoms with Crippen molar-refractivity contribution in [3.8, 4) is 0 Å². The van der Waals surface area contributed by atoms with Gasteiger partial charge in [-0.3, -0.25) is 9.48 Å². The summed E-state index contributed by atoms with van der Waals surface area (Å²) in [5.41, 5.74) is 0.804. The highest BCUT2D eigenvalue weighted by Crippen LogP contribution is 2.56. The number of carbonyl (C=O) groups excluding carboxylic acids is 1. The Balaban J connectivity index is 1.31. The highest BCUT2D eigenvalue weighted by atomic mass is 32.2. The standard InChI is InChI=1S/C21H26N4O4S/c1-12(2)24-8-7-18(23-24)21(27)22-15-3-5-16(6-4-15)30(28,29)25-11-14-9-13-10-17(14)19(25)20(13)26/h3-8,12-14,17,19-20,26H,9-11H2,1-2H3,(H,22,27). The van der Waals surface area contributed by atoms with Gasteiger partial charge in [-0.2, -0.15) is 9.40 Å². The molecule has 2 saturated carbocycles. The second kappa shape index (κ2) is 6.90. The van der Waals surface area contributed by atoms with Crippen LogP contribution in [0.5, 0.6) is 0 Å². The molecule has 9 heteroatoms. The van der Waals surface area contributed by atoms with Crippen LogP contribution in [0.1, 0.15) is 43.2 Å². The van der Waals surface area contributed by atoms with Gasteiger partial charge in [0.25, 0.3) is 5.91 Å². The predicted octanol–water partition coefficient (Wildman–Crippen LogP) is 2.11. The number of anilines is 1. The van der Waals surface area contributed by atoms with Crippen LogP contribution in [0.15, 0.2) is 41.4 Å². The fourth-order valence-electron chi connectivity index (χ4n) is 5.42. The second-order valence-electron chi connectivity index (χ2n) is 8.96. The van der Waals surface area contributed by atoms with Gasteiger partial charge in [-0.25, -0.2) is 8.42 Å². The van der Waals surface area contributed by atoms with Gasteiger partial charge in [0.2, 0.25) is 10.0 Å². The molecule has 3 fully saturated rings. The van der Waals surface area contributed by atoms with Gasteiger partial charge < -0.3 is 10.4 Å². The largest absolute Gasteiger partial charge is 0.391 e. The molecule has 30 heavy (non-hydrogen) atoms. The Bertz CT molecular complexity index is 1080. The molecule has 1 saturated heterocycles. The van der Waals surface area contributed by atoms with Crippen molar-refractivity contribution < 1.29 is 18.3 Å². The van der Waals surface area contributed by atoms with Gasteiger partial charge in [0.15, 0.2) is 5.69 Å². The second-order valence-corrected chi connectivity index (χ2v) is 10.9. The molecule has 1 aromatic heterocycles. The minimum Gasteiger partial charge on any atom is -0.391 e. The number of benzene rings is 1. The lowest BCUT2D eigenvalue weighted by atomic mass is 9.88. The molecule has 1 amide bonds. The van der Waals surface area contributed by atoms with Gasteiger partial charge in [-0.05, 0) is 74.8 Å². The quantitative estimate of drug-likeness (QED) is 0.756. The van der Waals surface area contributed by atoms with Gasteiger partial charge in [0.1, 0.15) is 0 Å². The first-order valence-electron chi connectivity index (χ1n) is 10.4. The fourth-order valence-corrected chi connectivity index (χ4v) is 7.16. The summed E-state index contributed by atoms with van der Waals surface area (Å²) in [5, 5.41) is 17.5. The van der Waals surface area contributed by atoms with Crippen molar-refractivity contribution in [1.29, 1.82) is 0 Å². The van der Waals surface area contributed by atoms with Crippen LogP contribution in [0.25, 0.3) is 0 Å². The molecule has 5 unspecified atom stereocenters.